The predicted molar refractivity (Wildman–Crippen MR) is 97.6 cm³/mol. The third kappa shape index (κ3) is 7.29. The van der Waals surface area contributed by atoms with Crippen molar-refractivity contribution in [1.29, 1.82) is 0 Å². The summed E-state index contributed by atoms with van der Waals surface area (Å²) in [6.45, 7) is 1.28. The Morgan fingerprint density at radius 1 is 0.724 bits per heavy atom. The van der Waals surface area contributed by atoms with E-state index in [1.165, 1.54) is 0 Å². The van der Waals surface area contributed by atoms with Gasteiger partial charge in [0, 0.05) is 24.4 Å². The van der Waals surface area contributed by atoms with E-state index in [-0.39, 0.29) is 43.9 Å². The summed E-state index contributed by atoms with van der Waals surface area (Å²) in [5.41, 5.74) is 16.3. The van der Waals surface area contributed by atoms with Crippen LogP contribution in [0, 0.1) is 5.92 Å². The number of ether oxygens (including phenoxy) is 3. The number of aliphatic hydroxyl groups excluding tert-OH is 7. The van der Waals surface area contributed by atoms with E-state index in [0.29, 0.717) is 6.42 Å². The molecule has 0 saturated carbocycles. The molecule has 29 heavy (non-hydrogen) atoms. The Hall–Kier alpha value is -0.520. The van der Waals surface area contributed by atoms with Crippen molar-refractivity contribution < 1.29 is 50.0 Å². The Morgan fingerprint density at radius 3 is 1.41 bits per heavy atom. The summed E-state index contributed by atoms with van der Waals surface area (Å²) in [7, 11) is 0. The van der Waals surface area contributed by atoms with Crippen LogP contribution in [0.25, 0.3) is 0 Å². The van der Waals surface area contributed by atoms with Crippen LogP contribution in [0.15, 0.2) is 0 Å². The average molecular weight is 429 g/mol. The van der Waals surface area contributed by atoms with Crippen LogP contribution in [0.1, 0.15) is 13.3 Å². The monoisotopic (exact) mass is 429 g/mol. The second-order valence-corrected chi connectivity index (χ2v) is 7.21. The molecule has 3 fully saturated rings. The molecule has 0 radical (unpaired) electrons. The summed E-state index contributed by atoms with van der Waals surface area (Å²) < 4.78 is 14.4. The van der Waals surface area contributed by atoms with Crippen molar-refractivity contribution in [3.05, 3.63) is 0 Å². The molecule has 3 saturated heterocycles. The smallest absolute Gasteiger partial charge is 0.182 e. The number of nitrogens with two attached hydrogens (primary N) is 3. The predicted octanol–water partition coefficient (Wildman–Crippen LogP) is -5.54. The van der Waals surface area contributed by atoms with E-state index < -0.39 is 43.2 Å². The maximum absolute atomic E-state index is 9.06. The van der Waals surface area contributed by atoms with Gasteiger partial charge in [-0.25, -0.2) is 0 Å². The first-order valence-corrected chi connectivity index (χ1v) is 9.35. The van der Waals surface area contributed by atoms with Gasteiger partial charge in [-0.05, 0) is 0 Å². The Labute approximate surface area is 168 Å². The highest BCUT2D eigenvalue weighted by molar-refractivity contribution is 4.88. The third-order valence-electron chi connectivity index (χ3n) is 5.05. The number of rotatable bonds is 3. The van der Waals surface area contributed by atoms with Crippen LogP contribution in [-0.4, -0.2) is 117 Å². The Bertz CT molecular complexity index is 437. The molecule has 13 heteroatoms. The van der Waals surface area contributed by atoms with Gasteiger partial charge in [0.05, 0.1) is 38.1 Å². The zero-order chi connectivity index (χ0) is 22.3. The van der Waals surface area contributed by atoms with Crippen molar-refractivity contribution in [2.45, 2.75) is 74.8 Å². The molecule has 0 aliphatic carbocycles. The van der Waals surface area contributed by atoms with Crippen molar-refractivity contribution in [2.75, 3.05) is 19.8 Å². The van der Waals surface area contributed by atoms with Gasteiger partial charge in [0.2, 0.25) is 0 Å². The van der Waals surface area contributed by atoms with Gasteiger partial charge in [-0.3, -0.25) is 0 Å². The van der Waals surface area contributed by atoms with Crippen molar-refractivity contribution in [3.63, 3.8) is 0 Å². The Kier molecular flexibility index (Phi) is 11.3. The summed E-state index contributed by atoms with van der Waals surface area (Å²) >= 11 is 0. The topological polar surface area (TPSA) is 247 Å². The highest BCUT2D eigenvalue weighted by Crippen LogP contribution is 2.22. The first kappa shape index (κ1) is 26.5. The lowest BCUT2D eigenvalue weighted by atomic mass is 10.0. The Morgan fingerprint density at radius 2 is 1.21 bits per heavy atom. The van der Waals surface area contributed by atoms with Crippen LogP contribution in [-0.2, 0) is 14.2 Å². The summed E-state index contributed by atoms with van der Waals surface area (Å²) in [5, 5.41) is 61.3. The van der Waals surface area contributed by atoms with Gasteiger partial charge < -0.3 is 67.2 Å². The van der Waals surface area contributed by atoms with Crippen LogP contribution in [0.4, 0.5) is 0 Å². The molecule has 0 aromatic heterocycles. The first-order valence-electron chi connectivity index (χ1n) is 9.35. The molecule has 0 aromatic carbocycles. The Balaban J connectivity index is 0.000000218. The summed E-state index contributed by atoms with van der Waals surface area (Å²) in [6.07, 6.45) is -4.94. The van der Waals surface area contributed by atoms with Gasteiger partial charge in [-0.2, -0.15) is 0 Å². The zero-order valence-electron chi connectivity index (χ0n) is 16.3. The van der Waals surface area contributed by atoms with Crippen LogP contribution < -0.4 is 17.2 Å². The largest absolute Gasteiger partial charge is 0.394 e. The summed E-state index contributed by atoms with van der Waals surface area (Å²) in [4.78, 5) is 0. The van der Waals surface area contributed by atoms with Crippen molar-refractivity contribution >= 4 is 0 Å². The molecule has 13 nitrogen and oxygen atoms in total. The third-order valence-corrected chi connectivity index (χ3v) is 5.05. The van der Waals surface area contributed by atoms with E-state index in [9.17, 15) is 0 Å². The van der Waals surface area contributed by atoms with E-state index in [4.69, 9.17) is 62.4 Å². The van der Waals surface area contributed by atoms with Crippen molar-refractivity contribution in [3.8, 4) is 0 Å². The van der Waals surface area contributed by atoms with E-state index in [1.54, 1.807) is 6.92 Å². The molecule has 174 valence electrons. The molecular formula is C16H35N3O10. The first-order chi connectivity index (χ1) is 13.6. The molecular weight excluding hydrogens is 394 g/mol. The highest BCUT2D eigenvalue weighted by atomic mass is 16.6. The van der Waals surface area contributed by atoms with Gasteiger partial charge in [-0.15, -0.1) is 0 Å². The zero-order valence-corrected chi connectivity index (χ0v) is 16.3. The molecule has 11 atom stereocenters. The molecule has 3 aliphatic heterocycles. The fraction of sp³-hybridized carbons (Fsp3) is 1.00. The molecule has 0 spiro atoms. The minimum absolute atomic E-state index is 0.0860. The van der Waals surface area contributed by atoms with Gasteiger partial charge in [0.1, 0.15) is 12.2 Å². The van der Waals surface area contributed by atoms with Crippen LogP contribution in [0.3, 0.4) is 0 Å². The van der Waals surface area contributed by atoms with Gasteiger partial charge in [-0.1, -0.05) is 6.92 Å². The van der Waals surface area contributed by atoms with Crippen molar-refractivity contribution in [1.82, 2.24) is 0 Å². The number of hydrogen-bond acceptors (Lipinski definition) is 13. The second-order valence-electron chi connectivity index (χ2n) is 7.21. The lowest BCUT2D eigenvalue weighted by molar-refractivity contribution is -0.132. The van der Waals surface area contributed by atoms with Gasteiger partial charge in [0.15, 0.2) is 18.9 Å². The fourth-order valence-electron chi connectivity index (χ4n) is 2.93. The highest BCUT2D eigenvalue weighted by Gasteiger charge is 2.40. The van der Waals surface area contributed by atoms with Crippen LogP contribution in [0.5, 0.6) is 0 Å². The molecule has 3 aliphatic rings. The normalized spacial score (nSPS) is 46.7. The molecule has 13 N–H and O–H groups in total. The minimum atomic E-state index is -1.26. The van der Waals surface area contributed by atoms with Gasteiger partial charge >= 0.3 is 0 Å². The molecule has 3 heterocycles. The van der Waals surface area contributed by atoms with E-state index in [1.807, 2.05) is 0 Å². The molecule has 3 rings (SSSR count). The quantitative estimate of drug-likeness (QED) is 0.201. The SMILES string of the molecule is C[C@H]1C(N)[C@@H](CO)O[C@H]1O.NC1C[C@H](O)O[C@@H]1CO.NC1[C@@H](CO)O[C@@H](O)[C@H]1O. The molecule has 0 aromatic rings. The molecule has 3 unspecified atom stereocenters. The molecule has 0 bridgehead atoms. The lowest BCUT2D eigenvalue weighted by Gasteiger charge is -2.11. The van der Waals surface area contributed by atoms with Crippen LogP contribution >= 0.6 is 0 Å². The minimum Gasteiger partial charge on any atom is -0.394 e. The second kappa shape index (κ2) is 12.4. The van der Waals surface area contributed by atoms with E-state index in [0.717, 1.165) is 0 Å². The van der Waals surface area contributed by atoms with E-state index in [2.05, 4.69) is 4.74 Å². The number of aliphatic hydroxyl groups is 7. The lowest BCUT2D eigenvalue weighted by Crippen LogP contribution is -2.41. The summed E-state index contributed by atoms with van der Waals surface area (Å²) in [5.74, 6) is -0.0860. The molecule has 0 amide bonds. The average Bonchev–Trinajstić information content (AvgIpc) is 3.26. The van der Waals surface area contributed by atoms with Crippen LogP contribution in [0.2, 0.25) is 0 Å². The summed E-state index contributed by atoms with van der Waals surface area (Å²) in [6, 6.07) is -1.16. The maximum Gasteiger partial charge on any atom is 0.182 e. The van der Waals surface area contributed by atoms with Gasteiger partial charge in [0.25, 0.3) is 0 Å². The fourth-order valence-corrected chi connectivity index (χ4v) is 2.93. The van der Waals surface area contributed by atoms with Crippen molar-refractivity contribution in [2.24, 2.45) is 23.1 Å². The standard InChI is InChI=1S/C6H13NO3.C5H11NO4.C5H11NO3/c1-3-5(7)4(2-8)10-6(3)9;6-3-2(1-7)10-5(9)4(3)8;6-3-1-5(8)9-4(3)2-7/h3-6,8-9H,2,7H2,1H3;2-5,7-9H,1,6H2;3-5,7-8H,1-2,6H2/t3-,4+,5?,6+;2-,3?,4+,5-;3?,4-,5-/m011/s1. The van der Waals surface area contributed by atoms with E-state index >= 15 is 0 Å². The number of hydrogen-bond donors (Lipinski definition) is 10. The maximum atomic E-state index is 9.06.